The van der Waals surface area contributed by atoms with E-state index in [9.17, 15) is 14.9 Å². The van der Waals surface area contributed by atoms with Crippen LogP contribution in [0.2, 0.25) is 0 Å². The number of carbonyl (C=O) groups excluding carboxylic acids is 1. The first kappa shape index (κ1) is 13.1. The Balaban J connectivity index is 3.34. The first-order chi connectivity index (χ1) is 8.01. The molecule has 0 radical (unpaired) electrons. The molecule has 0 aliphatic heterocycles. The number of carbonyl (C=O) groups is 1. The Labute approximate surface area is 98.8 Å². The number of nitro groups is 1. The second kappa shape index (κ2) is 5.38. The summed E-state index contributed by atoms with van der Waals surface area (Å²) in [6, 6.07) is 2.72. The molecule has 0 N–H and O–H groups in total. The van der Waals surface area contributed by atoms with Crippen molar-refractivity contribution in [3.63, 3.8) is 0 Å². The van der Waals surface area contributed by atoms with Crippen molar-refractivity contribution in [1.82, 2.24) is 4.98 Å². The van der Waals surface area contributed by atoms with Crippen molar-refractivity contribution in [3.05, 3.63) is 27.9 Å². The summed E-state index contributed by atoms with van der Waals surface area (Å²) in [6.45, 7) is 3.19. The number of hydrogen-bond acceptors (Lipinski definition) is 5. The predicted molar refractivity (Wildman–Crippen MR) is 61.2 cm³/mol. The van der Waals surface area contributed by atoms with Crippen LogP contribution in [0.4, 0.5) is 5.69 Å². The highest BCUT2D eigenvalue weighted by molar-refractivity contribution is 5.83. The van der Waals surface area contributed by atoms with E-state index in [-0.39, 0.29) is 23.0 Å². The molecule has 1 unspecified atom stereocenters. The van der Waals surface area contributed by atoms with Crippen molar-refractivity contribution in [1.29, 1.82) is 0 Å². The highest BCUT2D eigenvalue weighted by Crippen LogP contribution is 2.29. The number of ether oxygens (including phenoxy) is 1. The summed E-state index contributed by atoms with van der Waals surface area (Å²) in [5, 5.41) is 10.9. The lowest BCUT2D eigenvalue weighted by atomic mass is 9.96. The highest BCUT2D eigenvalue weighted by Gasteiger charge is 2.26. The normalized spacial score (nSPS) is 11.9. The molecule has 0 saturated carbocycles. The lowest BCUT2D eigenvalue weighted by molar-refractivity contribution is -0.386. The molecule has 0 amide bonds. The third-order valence-electron chi connectivity index (χ3n) is 2.51. The lowest BCUT2D eigenvalue weighted by Gasteiger charge is -2.11. The van der Waals surface area contributed by atoms with Crippen LogP contribution in [0.1, 0.15) is 31.9 Å². The molecule has 0 bridgehead atoms. The molecule has 0 aromatic carbocycles. The van der Waals surface area contributed by atoms with Gasteiger partial charge in [-0.15, -0.1) is 0 Å². The summed E-state index contributed by atoms with van der Waals surface area (Å²) in [7, 11) is 1.42. The van der Waals surface area contributed by atoms with Crippen molar-refractivity contribution >= 4 is 11.5 Å². The fourth-order valence-electron chi connectivity index (χ4n) is 1.65. The van der Waals surface area contributed by atoms with E-state index in [2.05, 4.69) is 4.98 Å². The molecule has 0 aliphatic carbocycles. The van der Waals surface area contributed by atoms with E-state index in [1.165, 1.54) is 26.2 Å². The van der Waals surface area contributed by atoms with E-state index >= 15 is 0 Å². The molecule has 6 nitrogen and oxygen atoms in total. The number of rotatable bonds is 5. The Hall–Kier alpha value is -1.98. The number of nitrogens with zero attached hydrogens (tertiary/aromatic N) is 2. The molecular formula is C11H14N2O4. The van der Waals surface area contributed by atoms with Gasteiger partial charge in [0, 0.05) is 12.1 Å². The Bertz CT molecular complexity index is 445. The number of aromatic nitrogens is 1. The molecule has 0 saturated heterocycles. The van der Waals surface area contributed by atoms with E-state index in [1.54, 1.807) is 6.92 Å². The van der Waals surface area contributed by atoms with E-state index in [0.29, 0.717) is 6.42 Å². The second-order valence-corrected chi connectivity index (χ2v) is 3.59. The lowest BCUT2D eigenvalue weighted by Crippen LogP contribution is -2.12. The zero-order valence-electron chi connectivity index (χ0n) is 9.97. The molecule has 17 heavy (non-hydrogen) atoms. The predicted octanol–water partition coefficient (Wildman–Crippen LogP) is 2.08. The number of pyridine rings is 1. The molecule has 1 heterocycles. The van der Waals surface area contributed by atoms with Gasteiger partial charge in [0.2, 0.25) is 5.88 Å². The summed E-state index contributed by atoms with van der Waals surface area (Å²) >= 11 is 0. The maximum absolute atomic E-state index is 11.4. The largest absolute Gasteiger partial charge is 0.481 e. The number of ketones is 1. The van der Waals surface area contributed by atoms with Gasteiger partial charge in [0.15, 0.2) is 0 Å². The summed E-state index contributed by atoms with van der Waals surface area (Å²) in [6.07, 6.45) is 0.469. The molecular weight excluding hydrogens is 224 g/mol. The average molecular weight is 238 g/mol. The highest BCUT2D eigenvalue weighted by atomic mass is 16.6. The fraction of sp³-hybridized carbons (Fsp3) is 0.455. The van der Waals surface area contributed by atoms with Crippen LogP contribution in [0.5, 0.6) is 5.88 Å². The molecule has 1 rings (SSSR count). The van der Waals surface area contributed by atoms with Gasteiger partial charge in [-0.1, -0.05) is 6.92 Å². The van der Waals surface area contributed by atoms with Crippen LogP contribution in [0.15, 0.2) is 12.1 Å². The summed E-state index contributed by atoms with van der Waals surface area (Å²) in [5.74, 6) is -0.438. The molecule has 0 aliphatic rings. The summed E-state index contributed by atoms with van der Waals surface area (Å²) in [5.41, 5.74) is 0.0252. The fourth-order valence-corrected chi connectivity index (χ4v) is 1.65. The van der Waals surface area contributed by atoms with E-state index in [4.69, 9.17) is 4.74 Å². The second-order valence-electron chi connectivity index (χ2n) is 3.59. The number of hydrogen-bond donors (Lipinski definition) is 0. The third kappa shape index (κ3) is 2.77. The van der Waals surface area contributed by atoms with Crippen molar-refractivity contribution in [3.8, 4) is 5.88 Å². The molecule has 1 atom stereocenters. The molecule has 6 heteroatoms. The zero-order valence-corrected chi connectivity index (χ0v) is 9.97. The van der Waals surface area contributed by atoms with Crippen LogP contribution < -0.4 is 4.74 Å². The summed E-state index contributed by atoms with van der Waals surface area (Å²) < 4.78 is 4.92. The van der Waals surface area contributed by atoms with Crippen molar-refractivity contribution in [2.24, 2.45) is 0 Å². The van der Waals surface area contributed by atoms with Crippen molar-refractivity contribution < 1.29 is 14.5 Å². The van der Waals surface area contributed by atoms with Crippen LogP contribution in [-0.2, 0) is 4.79 Å². The molecule has 1 aromatic rings. The smallest absolute Gasteiger partial charge is 0.291 e. The monoisotopic (exact) mass is 238 g/mol. The van der Waals surface area contributed by atoms with Crippen LogP contribution >= 0.6 is 0 Å². The van der Waals surface area contributed by atoms with Gasteiger partial charge in [0.25, 0.3) is 5.69 Å². The Kier molecular flexibility index (Phi) is 4.14. The Morgan fingerprint density at radius 3 is 2.65 bits per heavy atom. The van der Waals surface area contributed by atoms with E-state index in [0.717, 1.165) is 0 Å². The van der Waals surface area contributed by atoms with Gasteiger partial charge in [0.05, 0.1) is 18.0 Å². The van der Waals surface area contributed by atoms with Gasteiger partial charge >= 0.3 is 0 Å². The first-order valence-electron chi connectivity index (χ1n) is 5.21. The minimum absolute atomic E-state index is 0.142. The van der Waals surface area contributed by atoms with Crippen LogP contribution in [-0.4, -0.2) is 22.8 Å². The quantitative estimate of drug-likeness (QED) is 0.579. The third-order valence-corrected chi connectivity index (χ3v) is 2.51. The number of methoxy groups -OCH3 is 1. The van der Waals surface area contributed by atoms with Gasteiger partial charge < -0.3 is 4.74 Å². The SMILES string of the molecule is CCC(C(C)=O)c1nc(OC)ccc1[N+](=O)[O-]. The van der Waals surface area contributed by atoms with Gasteiger partial charge in [-0.2, -0.15) is 0 Å². The van der Waals surface area contributed by atoms with Gasteiger partial charge in [0.1, 0.15) is 11.5 Å². The summed E-state index contributed by atoms with van der Waals surface area (Å²) in [4.78, 5) is 25.8. The maximum Gasteiger partial charge on any atom is 0.291 e. The Morgan fingerprint density at radius 1 is 1.59 bits per heavy atom. The number of Topliss-reactive ketones (excluding diaryl/α,β-unsaturated/α-hetero) is 1. The van der Waals surface area contributed by atoms with Crippen LogP contribution in [0.3, 0.4) is 0 Å². The zero-order chi connectivity index (χ0) is 13.0. The van der Waals surface area contributed by atoms with Gasteiger partial charge in [-0.25, -0.2) is 4.98 Å². The first-order valence-corrected chi connectivity index (χ1v) is 5.21. The van der Waals surface area contributed by atoms with Crippen LogP contribution in [0.25, 0.3) is 0 Å². The van der Waals surface area contributed by atoms with E-state index in [1.807, 2.05) is 0 Å². The standard InChI is InChI=1S/C11H14N2O4/c1-4-8(7(2)14)11-9(13(15)16)5-6-10(12-11)17-3/h5-6,8H,4H2,1-3H3. The molecule has 0 fully saturated rings. The minimum Gasteiger partial charge on any atom is -0.481 e. The van der Waals surface area contributed by atoms with Crippen molar-refractivity contribution in [2.45, 2.75) is 26.2 Å². The van der Waals surface area contributed by atoms with Gasteiger partial charge in [-0.3, -0.25) is 14.9 Å². The van der Waals surface area contributed by atoms with Crippen LogP contribution in [0, 0.1) is 10.1 Å². The maximum atomic E-state index is 11.4. The topological polar surface area (TPSA) is 82.3 Å². The Morgan fingerprint density at radius 2 is 2.24 bits per heavy atom. The van der Waals surface area contributed by atoms with E-state index < -0.39 is 10.8 Å². The van der Waals surface area contributed by atoms with Gasteiger partial charge in [-0.05, 0) is 13.3 Å². The molecule has 1 aromatic heterocycles. The molecule has 0 spiro atoms. The average Bonchev–Trinajstić information content (AvgIpc) is 2.29. The van der Waals surface area contributed by atoms with Crippen molar-refractivity contribution in [2.75, 3.05) is 7.11 Å². The molecule has 92 valence electrons. The minimum atomic E-state index is -0.564.